The molecule has 1 rings (SSSR count). The van der Waals surface area contributed by atoms with E-state index in [4.69, 9.17) is 5.11 Å². The van der Waals surface area contributed by atoms with E-state index in [0.717, 1.165) is 10.5 Å². The predicted octanol–water partition coefficient (Wildman–Crippen LogP) is 1.32. The van der Waals surface area contributed by atoms with Crippen molar-refractivity contribution in [3.8, 4) is 0 Å². The van der Waals surface area contributed by atoms with Crippen LogP contribution in [0.25, 0.3) is 0 Å². The molecule has 1 N–H and O–H groups in total. The summed E-state index contributed by atoms with van der Waals surface area (Å²) in [4.78, 5) is 0.948. The first-order valence-corrected chi connectivity index (χ1v) is 7.57. The standard InChI is InChI=1S/C10H14O3S2/c1-15(12,13)7-6-14-10-5-3-2-4-9(10)8-11/h2-5,11H,6-8H2,1H3. The van der Waals surface area contributed by atoms with Gasteiger partial charge >= 0.3 is 0 Å². The number of aliphatic hydroxyl groups excluding tert-OH is 1. The first-order chi connectivity index (χ1) is 7.03. The number of sulfone groups is 1. The molecule has 15 heavy (non-hydrogen) atoms. The van der Waals surface area contributed by atoms with Gasteiger partial charge in [0.15, 0.2) is 0 Å². The van der Waals surface area contributed by atoms with Crippen LogP contribution in [0.3, 0.4) is 0 Å². The van der Waals surface area contributed by atoms with Gasteiger partial charge in [-0.1, -0.05) is 18.2 Å². The van der Waals surface area contributed by atoms with Crippen LogP contribution in [0.1, 0.15) is 5.56 Å². The van der Waals surface area contributed by atoms with Crippen molar-refractivity contribution in [1.82, 2.24) is 0 Å². The zero-order chi connectivity index (χ0) is 11.3. The monoisotopic (exact) mass is 246 g/mol. The van der Waals surface area contributed by atoms with E-state index in [1.54, 1.807) is 0 Å². The Morgan fingerprint density at radius 3 is 2.60 bits per heavy atom. The number of rotatable bonds is 5. The molecule has 0 fully saturated rings. The zero-order valence-electron chi connectivity index (χ0n) is 8.51. The third-order valence-corrected chi connectivity index (χ3v) is 4.18. The summed E-state index contributed by atoms with van der Waals surface area (Å²) in [7, 11) is -2.90. The fourth-order valence-corrected chi connectivity index (χ4v) is 3.34. The smallest absolute Gasteiger partial charge is 0.148 e. The van der Waals surface area contributed by atoms with Crippen LogP contribution in [0.15, 0.2) is 29.2 Å². The summed E-state index contributed by atoms with van der Waals surface area (Å²) in [6, 6.07) is 7.45. The Morgan fingerprint density at radius 2 is 2.00 bits per heavy atom. The SMILES string of the molecule is CS(=O)(=O)CCSc1ccccc1CO. The Hall–Kier alpha value is -0.520. The molecule has 3 nitrogen and oxygen atoms in total. The van der Waals surface area contributed by atoms with E-state index in [9.17, 15) is 8.42 Å². The molecule has 0 atom stereocenters. The molecule has 0 aliphatic rings. The number of hydrogen-bond acceptors (Lipinski definition) is 4. The first-order valence-electron chi connectivity index (χ1n) is 4.52. The Bertz CT molecular complexity index is 412. The van der Waals surface area contributed by atoms with Crippen LogP contribution in [-0.4, -0.2) is 31.3 Å². The highest BCUT2D eigenvalue weighted by Crippen LogP contribution is 2.22. The van der Waals surface area contributed by atoms with Crippen LogP contribution in [0.2, 0.25) is 0 Å². The molecule has 0 unspecified atom stereocenters. The summed E-state index contributed by atoms with van der Waals surface area (Å²) >= 11 is 1.46. The minimum absolute atomic E-state index is 0.0119. The molecule has 84 valence electrons. The number of hydrogen-bond donors (Lipinski definition) is 1. The van der Waals surface area contributed by atoms with Gasteiger partial charge in [0, 0.05) is 16.9 Å². The Morgan fingerprint density at radius 1 is 1.33 bits per heavy atom. The molecule has 0 saturated heterocycles. The minimum Gasteiger partial charge on any atom is -0.392 e. The quantitative estimate of drug-likeness (QED) is 0.796. The molecule has 1 aromatic rings. The lowest BCUT2D eigenvalue weighted by molar-refractivity contribution is 0.279. The lowest BCUT2D eigenvalue weighted by Gasteiger charge is -2.05. The van der Waals surface area contributed by atoms with E-state index in [-0.39, 0.29) is 12.4 Å². The summed E-state index contributed by atoms with van der Waals surface area (Å²) in [5.41, 5.74) is 0.844. The van der Waals surface area contributed by atoms with Crippen molar-refractivity contribution in [3.63, 3.8) is 0 Å². The van der Waals surface area contributed by atoms with E-state index < -0.39 is 9.84 Å². The first kappa shape index (κ1) is 12.5. The summed E-state index contributed by atoms with van der Waals surface area (Å²) in [6.45, 7) is -0.0119. The van der Waals surface area contributed by atoms with Gasteiger partial charge in [0.25, 0.3) is 0 Å². The maximum Gasteiger partial charge on any atom is 0.148 e. The number of thioether (sulfide) groups is 1. The third kappa shape index (κ3) is 4.68. The molecular weight excluding hydrogens is 232 g/mol. The fourth-order valence-electron chi connectivity index (χ4n) is 1.08. The molecule has 0 aliphatic carbocycles. The van der Waals surface area contributed by atoms with Crippen molar-refractivity contribution in [3.05, 3.63) is 29.8 Å². The third-order valence-electron chi connectivity index (χ3n) is 1.85. The zero-order valence-corrected chi connectivity index (χ0v) is 10.1. The van der Waals surface area contributed by atoms with E-state index in [1.807, 2.05) is 24.3 Å². The van der Waals surface area contributed by atoms with Gasteiger partial charge in [-0.15, -0.1) is 11.8 Å². The summed E-state index contributed by atoms with van der Waals surface area (Å²) < 4.78 is 21.8. The van der Waals surface area contributed by atoms with Crippen LogP contribution >= 0.6 is 11.8 Å². The minimum atomic E-state index is -2.90. The Kier molecular flexibility index (Phi) is 4.63. The van der Waals surface area contributed by atoms with Gasteiger partial charge in [-0.25, -0.2) is 8.42 Å². The van der Waals surface area contributed by atoms with Crippen molar-refractivity contribution in [1.29, 1.82) is 0 Å². The topological polar surface area (TPSA) is 54.4 Å². The molecule has 0 saturated carbocycles. The molecule has 0 radical (unpaired) electrons. The number of aliphatic hydroxyl groups is 1. The Labute approximate surface area is 94.4 Å². The van der Waals surface area contributed by atoms with Crippen molar-refractivity contribution >= 4 is 21.6 Å². The van der Waals surface area contributed by atoms with Gasteiger partial charge in [0.05, 0.1) is 12.4 Å². The highest BCUT2D eigenvalue weighted by molar-refractivity contribution is 8.00. The van der Waals surface area contributed by atoms with Crippen LogP contribution in [-0.2, 0) is 16.4 Å². The van der Waals surface area contributed by atoms with Crippen LogP contribution in [0, 0.1) is 0 Å². The molecule has 0 bridgehead atoms. The summed E-state index contributed by atoms with van der Waals surface area (Å²) in [6.07, 6.45) is 1.23. The number of benzene rings is 1. The second-order valence-electron chi connectivity index (χ2n) is 3.24. The molecular formula is C10H14O3S2. The van der Waals surface area contributed by atoms with Crippen LogP contribution in [0.5, 0.6) is 0 Å². The van der Waals surface area contributed by atoms with Gasteiger partial charge < -0.3 is 5.11 Å². The average molecular weight is 246 g/mol. The van der Waals surface area contributed by atoms with Crippen molar-refractivity contribution in [2.75, 3.05) is 17.8 Å². The predicted molar refractivity (Wildman–Crippen MR) is 62.8 cm³/mol. The van der Waals surface area contributed by atoms with Crippen molar-refractivity contribution < 1.29 is 13.5 Å². The second-order valence-corrected chi connectivity index (χ2v) is 6.64. The fraction of sp³-hybridized carbons (Fsp3) is 0.400. The second kappa shape index (κ2) is 5.53. The maximum absolute atomic E-state index is 10.9. The van der Waals surface area contributed by atoms with E-state index in [2.05, 4.69) is 0 Å². The molecule has 1 aromatic carbocycles. The van der Waals surface area contributed by atoms with Crippen LogP contribution in [0.4, 0.5) is 0 Å². The van der Waals surface area contributed by atoms with Gasteiger partial charge in [0.2, 0.25) is 0 Å². The largest absolute Gasteiger partial charge is 0.392 e. The van der Waals surface area contributed by atoms with Gasteiger partial charge in [-0.3, -0.25) is 0 Å². The van der Waals surface area contributed by atoms with Gasteiger partial charge in [-0.2, -0.15) is 0 Å². The van der Waals surface area contributed by atoms with Crippen LogP contribution < -0.4 is 0 Å². The molecule has 0 spiro atoms. The molecule has 0 heterocycles. The molecule has 0 aliphatic heterocycles. The van der Waals surface area contributed by atoms with Crippen molar-refractivity contribution in [2.45, 2.75) is 11.5 Å². The van der Waals surface area contributed by atoms with E-state index >= 15 is 0 Å². The van der Waals surface area contributed by atoms with Gasteiger partial charge in [-0.05, 0) is 11.6 Å². The highest BCUT2D eigenvalue weighted by atomic mass is 32.2. The van der Waals surface area contributed by atoms with E-state index in [1.165, 1.54) is 18.0 Å². The average Bonchev–Trinajstić information content (AvgIpc) is 2.16. The summed E-state index contributed by atoms with van der Waals surface area (Å²) in [5, 5.41) is 9.05. The lowest BCUT2D eigenvalue weighted by Crippen LogP contribution is -2.05. The lowest BCUT2D eigenvalue weighted by atomic mass is 10.2. The van der Waals surface area contributed by atoms with Crippen molar-refractivity contribution in [2.24, 2.45) is 0 Å². The summed E-state index contributed by atoms with van der Waals surface area (Å²) in [5.74, 6) is 0.688. The highest BCUT2D eigenvalue weighted by Gasteiger charge is 2.04. The van der Waals surface area contributed by atoms with E-state index in [0.29, 0.717) is 5.75 Å². The maximum atomic E-state index is 10.9. The normalized spacial score (nSPS) is 11.6. The van der Waals surface area contributed by atoms with Gasteiger partial charge in [0.1, 0.15) is 9.84 Å². The molecule has 5 heteroatoms. The Balaban J connectivity index is 2.58. The molecule has 0 aromatic heterocycles. The molecule has 0 amide bonds.